The van der Waals surface area contributed by atoms with E-state index in [9.17, 15) is 19.8 Å². The standard InChI is InChI=1S/C13H16N2O6/c16-9-5-15(6-10(9)17)13(20)14-8-3-1-2-4-11(8)21-7-12(18)19/h1-4,9-10,16-17H,5-7H2,(H,14,20)(H,18,19). The molecule has 2 atom stereocenters. The summed E-state index contributed by atoms with van der Waals surface area (Å²) >= 11 is 0. The summed E-state index contributed by atoms with van der Waals surface area (Å²) in [6, 6.07) is 5.91. The van der Waals surface area contributed by atoms with Crippen LogP contribution >= 0.6 is 0 Å². The number of rotatable bonds is 4. The van der Waals surface area contributed by atoms with Gasteiger partial charge in [0.05, 0.1) is 31.0 Å². The summed E-state index contributed by atoms with van der Waals surface area (Å²) in [6.07, 6.45) is -1.93. The first-order valence-corrected chi connectivity index (χ1v) is 6.33. The smallest absolute Gasteiger partial charge is 0.341 e. The number of amides is 2. The number of para-hydroxylation sites is 2. The van der Waals surface area contributed by atoms with Gasteiger partial charge in [0, 0.05) is 0 Å². The summed E-state index contributed by atoms with van der Waals surface area (Å²) < 4.78 is 5.07. The van der Waals surface area contributed by atoms with E-state index in [0.29, 0.717) is 5.69 Å². The number of carbonyl (C=O) groups is 2. The number of aliphatic hydroxyl groups is 2. The van der Waals surface area contributed by atoms with Crippen LogP contribution in [-0.2, 0) is 4.79 Å². The monoisotopic (exact) mass is 296 g/mol. The lowest BCUT2D eigenvalue weighted by molar-refractivity contribution is -0.139. The van der Waals surface area contributed by atoms with E-state index in [2.05, 4.69) is 5.32 Å². The van der Waals surface area contributed by atoms with Crippen molar-refractivity contribution in [1.82, 2.24) is 4.90 Å². The molecule has 0 saturated carbocycles. The largest absolute Gasteiger partial charge is 0.480 e. The van der Waals surface area contributed by atoms with Crippen molar-refractivity contribution < 1.29 is 29.6 Å². The zero-order chi connectivity index (χ0) is 15.4. The van der Waals surface area contributed by atoms with Crippen molar-refractivity contribution in [3.8, 4) is 5.75 Å². The minimum absolute atomic E-state index is 0.0329. The number of nitrogens with zero attached hydrogens (tertiary/aromatic N) is 1. The predicted molar refractivity (Wildman–Crippen MR) is 72.2 cm³/mol. The second-order valence-electron chi connectivity index (χ2n) is 4.65. The molecule has 2 amide bonds. The van der Waals surface area contributed by atoms with Gasteiger partial charge in [-0.1, -0.05) is 12.1 Å². The van der Waals surface area contributed by atoms with Crippen molar-refractivity contribution in [2.75, 3.05) is 25.0 Å². The van der Waals surface area contributed by atoms with Crippen LogP contribution in [0.1, 0.15) is 0 Å². The Morgan fingerprint density at radius 3 is 2.48 bits per heavy atom. The number of urea groups is 1. The molecule has 2 unspecified atom stereocenters. The third kappa shape index (κ3) is 3.83. The molecule has 1 heterocycles. The highest BCUT2D eigenvalue weighted by molar-refractivity contribution is 5.91. The Morgan fingerprint density at radius 1 is 1.24 bits per heavy atom. The quantitative estimate of drug-likeness (QED) is 0.606. The number of aliphatic carboxylic acids is 1. The lowest BCUT2D eigenvalue weighted by atomic mass is 10.3. The summed E-state index contributed by atoms with van der Waals surface area (Å²) in [6.45, 7) is -0.454. The predicted octanol–water partition coefficient (Wildman–Crippen LogP) is -0.281. The minimum Gasteiger partial charge on any atom is -0.480 e. The van der Waals surface area contributed by atoms with Crippen LogP contribution in [0.2, 0.25) is 0 Å². The van der Waals surface area contributed by atoms with Crippen molar-refractivity contribution in [2.45, 2.75) is 12.2 Å². The second kappa shape index (κ2) is 6.42. The number of aliphatic hydroxyl groups excluding tert-OH is 2. The maximum absolute atomic E-state index is 12.0. The first-order chi connectivity index (χ1) is 9.97. The molecule has 0 spiro atoms. The van der Waals surface area contributed by atoms with Crippen LogP contribution in [0.3, 0.4) is 0 Å². The number of nitrogens with one attached hydrogen (secondary N) is 1. The Labute approximate surface area is 120 Å². The summed E-state index contributed by atoms with van der Waals surface area (Å²) in [5.74, 6) is -0.893. The van der Waals surface area contributed by atoms with Crippen LogP contribution in [0.15, 0.2) is 24.3 Å². The first kappa shape index (κ1) is 15.1. The van der Waals surface area contributed by atoms with Crippen LogP contribution in [-0.4, -0.2) is 64.1 Å². The van der Waals surface area contributed by atoms with E-state index < -0.39 is 30.8 Å². The normalized spacial score (nSPS) is 21.1. The molecular formula is C13H16N2O6. The number of carboxylic acid groups (broad SMARTS) is 1. The van der Waals surface area contributed by atoms with Gasteiger partial charge in [-0.25, -0.2) is 9.59 Å². The molecule has 0 radical (unpaired) electrons. The highest BCUT2D eigenvalue weighted by Gasteiger charge is 2.32. The van der Waals surface area contributed by atoms with E-state index in [4.69, 9.17) is 9.84 Å². The molecule has 1 saturated heterocycles. The summed E-state index contributed by atoms with van der Waals surface area (Å²) in [4.78, 5) is 23.8. The topological polar surface area (TPSA) is 119 Å². The van der Waals surface area contributed by atoms with Crippen LogP contribution in [0, 0.1) is 0 Å². The Balaban J connectivity index is 2.02. The van der Waals surface area contributed by atoms with Gasteiger partial charge >= 0.3 is 12.0 Å². The summed E-state index contributed by atoms with van der Waals surface area (Å²) in [7, 11) is 0. The van der Waals surface area contributed by atoms with Crippen LogP contribution in [0.4, 0.5) is 10.5 Å². The third-order valence-electron chi connectivity index (χ3n) is 3.03. The molecule has 1 aromatic rings. The van der Waals surface area contributed by atoms with Crippen molar-refractivity contribution >= 4 is 17.7 Å². The second-order valence-corrected chi connectivity index (χ2v) is 4.65. The third-order valence-corrected chi connectivity index (χ3v) is 3.03. The Kier molecular flexibility index (Phi) is 4.61. The number of hydrogen-bond donors (Lipinski definition) is 4. The fourth-order valence-electron chi connectivity index (χ4n) is 1.96. The molecule has 1 aliphatic rings. The van der Waals surface area contributed by atoms with Crippen molar-refractivity contribution in [2.24, 2.45) is 0 Å². The summed E-state index contributed by atoms with van der Waals surface area (Å²) in [5, 5.41) is 30.0. The van der Waals surface area contributed by atoms with Gasteiger partial charge in [0.25, 0.3) is 0 Å². The highest BCUT2D eigenvalue weighted by atomic mass is 16.5. The molecule has 8 nitrogen and oxygen atoms in total. The molecule has 8 heteroatoms. The van der Waals surface area contributed by atoms with Gasteiger partial charge in [0.15, 0.2) is 6.61 Å². The van der Waals surface area contributed by atoms with Gasteiger partial charge in [-0.05, 0) is 12.1 Å². The fourth-order valence-corrected chi connectivity index (χ4v) is 1.96. The Morgan fingerprint density at radius 2 is 1.86 bits per heavy atom. The van der Waals surface area contributed by atoms with E-state index in [-0.39, 0.29) is 18.8 Å². The van der Waals surface area contributed by atoms with E-state index in [1.165, 1.54) is 11.0 Å². The van der Waals surface area contributed by atoms with E-state index in [0.717, 1.165) is 0 Å². The van der Waals surface area contributed by atoms with Crippen LogP contribution < -0.4 is 10.1 Å². The van der Waals surface area contributed by atoms with Crippen molar-refractivity contribution in [3.05, 3.63) is 24.3 Å². The molecule has 2 rings (SSSR count). The van der Waals surface area contributed by atoms with Crippen molar-refractivity contribution in [3.63, 3.8) is 0 Å². The number of benzene rings is 1. The molecule has 1 aromatic carbocycles. The Bertz CT molecular complexity index is 525. The number of carboxylic acids is 1. The number of β-amino-alcohol motifs (C(OH)–C–C–N with tert-alkyl or cyclic N) is 2. The minimum atomic E-state index is -1.12. The summed E-state index contributed by atoms with van der Waals surface area (Å²) in [5.41, 5.74) is 0.319. The number of likely N-dealkylation sites (tertiary alicyclic amines) is 1. The zero-order valence-electron chi connectivity index (χ0n) is 11.1. The molecule has 0 aliphatic carbocycles. The van der Waals surface area contributed by atoms with E-state index in [1.54, 1.807) is 18.2 Å². The maximum Gasteiger partial charge on any atom is 0.341 e. The molecule has 1 fully saturated rings. The lowest BCUT2D eigenvalue weighted by Gasteiger charge is -2.18. The van der Waals surface area contributed by atoms with Gasteiger partial charge in [-0.2, -0.15) is 0 Å². The molecular weight excluding hydrogens is 280 g/mol. The maximum atomic E-state index is 12.0. The van der Waals surface area contributed by atoms with Crippen LogP contribution in [0.25, 0.3) is 0 Å². The SMILES string of the molecule is O=C(O)COc1ccccc1NC(=O)N1CC(O)C(O)C1. The molecule has 4 N–H and O–H groups in total. The van der Waals surface area contributed by atoms with Gasteiger partial charge in [-0.15, -0.1) is 0 Å². The van der Waals surface area contributed by atoms with Gasteiger partial charge < -0.3 is 30.3 Å². The average Bonchev–Trinajstić information content (AvgIpc) is 2.78. The number of carbonyl (C=O) groups excluding carboxylic acids is 1. The Hall–Kier alpha value is -2.32. The number of ether oxygens (including phenoxy) is 1. The molecule has 114 valence electrons. The number of anilines is 1. The fraction of sp³-hybridized carbons (Fsp3) is 0.385. The van der Waals surface area contributed by atoms with Crippen LogP contribution in [0.5, 0.6) is 5.75 Å². The van der Waals surface area contributed by atoms with Gasteiger partial charge in [-0.3, -0.25) is 0 Å². The average molecular weight is 296 g/mol. The van der Waals surface area contributed by atoms with E-state index >= 15 is 0 Å². The molecule has 21 heavy (non-hydrogen) atoms. The van der Waals surface area contributed by atoms with E-state index in [1.807, 2.05) is 0 Å². The zero-order valence-corrected chi connectivity index (χ0v) is 11.1. The van der Waals surface area contributed by atoms with Crippen molar-refractivity contribution in [1.29, 1.82) is 0 Å². The molecule has 0 bridgehead atoms. The number of hydrogen-bond acceptors (Lipinski definition) is 5. The molecule has 0 aromatic heterocycles. The lowest BCUT2D eigenvalue weighted by Crippen LogP contribution is -2.34. The highest BCUT2D eigenvalue weighted by Crippen LogP contribution is 2.24. The van der Waals surface area contributed by atoms with Gasteiger partial charge in [0.2, 0.25) is 0 Å². The van der Waals surface area contributed by atoms with Gasteiger partial charge in [0.1, 0.15) is 5.75 Å². The first-order valence-electron chi connectivity index (χ1n) is 6.33. The molecule has 1 aliphatic heterocycles.